The molecule has 4 aliphatic rings. The second-order valence-electron chi connectivity index (χ2n) is 14.4. The van der Waals surface area contributed by atoms with Gasteiger partial charge in [-0.05, 0) is 62.4 Å². The van der Waals surface area contributed by atoms with Crippen molar-refractivity contribution in [1.82, 2.24) is 24.7 Å². The van der Waals surface area contributed by atoms with Crippen LogP contribution in [0.25, 0.3) is 10.8 Å². The summed E-state index contributed by atoms with van der Waals surface area (Å²) in [6, 6.07) is 26.1. The first-order valence-corrected chi connectivity index (χ1v) is 18.1. The van der Waals surface area contributed by atoms with E-state index in [1.54, 1.807) is 0 Å². The Kier molecular flexibility index (Phi) is 9.02. The molecule has 4 atom stereocenters. The lowest BCUT2D eigenvalue weighted by Gasteiger charge is -2.42. The summed E-state index contributed by atoms with van der Waals surface area (Å²) >= 11 is 0. The van der Waals surface area contributed by atoms with Crippen molar-refractivity contribution in [1.29, 1.82) is 5.26 Å². The molecule has 1 unspecified atom stereocenters. The number of aromatic nitrogens is 2. The van der Waals surface area contributed by atoms with Gasteiger partial charge in [-0.1, -0.05) is 60.7 Å². The van der Waals surface area contributed by atoms with Crippen molar-refractivity contribution in [3.63, 3.8) is 0 Å². The van der Waals surface area contributed by atoms with E-state index in [4.69, 9.17) is 14.7 Å². The summed E-state index contributed by atoms with van der Waals surface area (Å²) in [6.45, 7) is 8.63. The van der Waals surface area contributed by atoms with Gasteiger partial charge in [-0.15, -0.1) is 0 Å². The van der Waals surface area contributed by atoms with Crippen molar-refractivity contribution < 1.29 is 9.53 Å². The van der Waals surface area contributed by atoms with Gasteiger partial charge in [-0.2, -0.15) is 15.2 Å². The summed E-state index contributed by atoms with van der Waals surface area (Å²) in [4.78, 5) is 35.2. The number of piperazine rings is 1. The van der Waals surface area contributed by atoms with Gasteiger partial charge >= 0.3 is 6.01 Å². The zero-order valence-corrected chi connectivity index (χ0v) is 29.2. The molecule has 0 spiro atoms. The predicted octanol–water partition coefficient (Wildman–Crippen LogP) is 4.79. The van der Waals surface area contributed by atoms with E-state index in [9.17, 15) is 10.1 Å². The number of hydrogen-bond donors (Lipinski definition) is 0. The molecular formula is C40H46N8O2. The molecule has 258 valence electrons. The molecule has 0 saturated carbocycles. The maximum absolute atomic E-state index is 13.8. The van der Waals surface area contributed by atoms with Crippen LogP contribution < -0.4 is 14.5 Å². The van der Waals surface area contributed by atoms with Crippen LogP contribution in [0.1, 0.15) is 41.6 Å². The fraction of sp³-hybridized carbons (Fsp3) is 0.450. The average molecular weight is 671 g/mol. The molecular weight excluding hydrogens is 624 g/mol. The third-order valence-electron chi connectivity index (χ3n) is 11.2. The zero-order chi connectivity index (χ0) is 34.2. The number of likely N-dealkylation sites (tertiary alicyclic amines) is 1. The molecule has 0 N–H and O–H groups in total. The molecule has 4 aliphatic heterocycles. The van der Waals surface area contributed by atoms with Crippen LogP contribution >= 0.6 is 0 Å². The van der Waals surface area contributed by atoms with Crippen molar-refractivity contribution in [2.75, 3.05) is 62.7 Å². The number of hydrogen-bond acceptors (Lipinski definition) is 9. The minimum Gasteiger partial charge on any atom is -0.462 e. The van der Waals surface area contributed by atoms with Crippen LogP contribution in [0.4, 0.5) is 11.5 Å². The number of nitriles is 1. The van der Waals surface area contributed by atoms with Gasteiger partial charge in [0.05, 0.1) is 30.8 Å². The largest absolute Gasteiger partial charge is 0.462 e. The lowest BCUT2D eigenvalue weighted by atomic mass is 9.99. The van der Waals surface area contributed by atoms with E-state index < -0.39 is 0 Å². The fourth-order valence-corrected chi connectivity index (χ4v) is 8.26. The summed E-state index contributed by atoms with van der Waals surface area (Å²) in [5.74, 6) is 1.03. The zero-order valence-electron chi connectivity index (χ0n) is 29.2. The Hall–Kier alpha value is -4.72. The van der Waals surface area contributed by atoms with Crippen LogP contribution in [0, 0.1) is 18.3 Å². The number of carbonyl (C=O) groups is 1. The molecule has 1 aromatic heterocycles. The van der Waals surface area contributed by atoms with Crippen molar-refractivity contribution in [2.45, 2.75) is 63.8 Å². The highest BCUT2D eigenvalue weighted by atomic mass is 16.5. The maximum atomic E-state index is 13.8. The molecule has 0 radical (unpaired) electrons. The molecule has 8 rings (SSSR count). The highest BCUT2D eigenvalue weighted by Gasteiger charge is 2.45. The number of rotatable bonds is 9. The van der Waals surface area contributed by atoms with E-state index in [1.807, 2.05) is 23.1 Å². The molecule has 10 heteroatoms. The quantitative estimate of drug-likeness (QED) is 0.233. The Bertz CT molecular complexity index is 1910. The Labute approximate surface area is 294 Å². The van der Waals surface area contributed by atoms with Crippen molar-refractivity contribution in [3.8, 4) is 12.1 Å². The lowest BCUT2D eigenvalue weighted by molar-refractivity contribution is -0.134. The third kappa shape index (κ3) is 6.48. The lowest BCUT2D eigenvalue weighted by Crippen LogP contribution is -2.57. The molecule has 0 bridgehead atoms. The van der Waals surface area contributed by atoms with E-state index in [0.717, 1.165) is 56.1 Å². The Morgan fingerprint density at radius 1 is 0.940 bits per heavy atom. The Morgan fingerprint density at radius 2 is 1.78 bits per heavy atom. The number of aryl methyl sites for hydroxylation is 1. The highest BCUT2D eigenvalue weighted by Crippen LogP contribution is 2.36. The van der Waals surface area contributed by atoms with Gasteiger partial charge in [-0.25, -0.2) is 0 Å². The van der Waals surface area contributed by atoms with E-state index in [0.29, 0.717) is 44.8 Å². The summed E-state index contributed by atoms with van der Waals surface area (Å²) < 4.78 is 6.39. The smallest absolute Gasteiger partial charge is 0.318 e. The Balaban J connectivity index is 1.05. The minimum absolute atomic E-state index is 0.118. The first-order valence-electron chi connectivity index (χ1n) is 18.1. The summed E-state index contributed by atoms with van der Waals surface area (Å²) in [6.07, 6.45) is 3.37. The van der Waals surface area contributed by atoms with E-state index in [2.05, 4.69) is 88.2 Å². The molecule has 1 amide bonds. The summed E-state index contributed by atoms with van der Waals surface area (Å²) in [5.41, 5.74) is 5.84. The van der Waals surface area contributed by atoms with Crippen LogP contribution in [0.2, 0.25) is 0 Å². The first kappa shape index (κ1) is 32.5. The number of nitrogens with zero attached hydrogens (tertiary/aromatic N) is 8. The summed E-state index contributed by atoms with van der Waals surface area (Å²) in [5, 5.41) is 12.4. The van der Waals surface area contributed by atoms with Crippen LogP contribution in [0.5, 0.6) is 6.01 Å². The number of amides is 1. The number of ether oxygens (including phenoxy) is 1. The fourth-order valence-electron chi connectivity index (χ4n) is 8.26. The van der Waals surface area contributed by atoms with Gasteiger partial charge in [0.25, 0.3) is 0 Å². The standard InChI is InChI=1S/C40H46N8O2/c1-28-9-6-12-30-13-7-15-35(37(28)30)45-20-17-33-34(25-45)42-40(50-27-32-14-8-19-44(32)2)43-38(33)46-21-22-48(31(24-46)16-18-41)39(49)36-26-47(36)23-29-10-4-3-5-11-29/h3-7,9-13,15,31-32,36H,8,14,16-17,19-27H2,1-2H3/t31-,32-,36-,47?/m0/s1. The van der Waals surface area contributed by atoms with Gasteiger partial charge in [0.15, 0.2) is 0 Å². The van der Waals surface area contributed by atoms with E-state index in [-0.39, 0.29) is 24.4 Å². The van der Waals surface area contributed by atoms with Gasteiger partial charge in [0, 0.05) is 61.9 Å². The maximum Gasteiger partial charge on any atom is 0.318 e. The van der Waals surface area contributed by atoms with Gasteiger partial charge < -0.3 is 24.3 Å². The number of anilines is 2. The molecule has 10 nitrogen and oxygen atoms in total. The van der Waals surface area contributed by atoms with Crippen LogP contribution in [0.15, 0.2) is 66.7 Å². The number of likely N-dealkylation sites (N-methyl/N-ethyl adjacent to an activating group) is 1. The average Bonchev–Trinajstić information content (AvgIpc) is 3.78. The predicted molar refractivity (Wildman–Crippen MR) is 195 cm³/mol. The number of carbonyl (C=O) groups excluding carboxylic acids is 1. The first-order chi connectivity index (χ1) is 24.5. The monoisotopic (exact) mass is 670 g/mol. The van der Waals surface area contributed by atoms with Gasteiger partial charge in [0.2, 0.25) is 5.91 Å². The normalized spacial score (nSPS) is 23.5. The Morgan fingerprint density at radius 3 is 2.58 bits per heavy atom. The topological polar surface area (TPSA) is 91.8 Å². The van der Waals surface area contributed by atoms with Crippen LogP contribution in [-0.2, 0) is 24.3 Å². The second kappa shape index (κ2) is 13.9. The third-order valence-corrected chi connectivity index (χ3v) is 11.2. The van der Waals surface area contributed by atoms with E-state index in [1.165, 1.54) is 34.0 Å². The van der Waals surface area contributed by atoms with Crippen molar-refractivity contribution >= 4 is 28.2 Å². The van der Waals surface area contributed by atoms with Crippen LogP contribution in [-0.4, -0.2) is 102 Å². The molecule has 3 saturated heterocycles. The molecule has 4 aromatic rings. The molecule has 3 fully saturated rings. The van der Waals surface area contributed by atoms with Gasteiger partial charge in [0.1, 0.15) is 18.5 Å². The van der Waals surface area contributed by atoms with Crippen molar-refractivity contribution in [2.24, 2.45) is 0 Å². The van der Waals surface area contributed by atoms with Gasteiger partial charge in [-0.3, -0.25) is 9.69 Å². The number of fused-ring (bicyclic) bond motifs is 2. The van der Waals surface area contributed by atoms with E-state index >= 15 is 0 Å². The summed E-state index contributed by atoms with van der Waals surface area (Å²) in [7, 11) is 2.16. The molecule has 50 heavy (non-hydrogen) atoms. The minimum atomic E-state index is -0.207. The molecule has 0 aliphatic carbocycles. The number of benzene rings is 3. The van der Waals surface area contributed by atoms with Crippen LogP contribution in [0.3, 0.4) is 0 Å². The highest BCUT2D eigenvalue weighted by molar-refractivity contribution is 5.97. The molecule has 3 aromatic carbocycles. The van der Waals surface area contributed by atoms with Crippen molar-refractivity contribution in [3.05, 3.63) is 89.1 Å². The second-order valence-corrected chi connectivity index (χ2v) is 14.4. The molecule has 5 heterocycles. The SMILES string of the molecule is Cc1cccc2cccc(N3CCc4c(nc(OC[C@@H]5CCCN5C)nc4N4CCN(C(=O)[C@@H]5CN5Cc5ccccc5)[C@@H](CC#N)C4)C3)c12.